The Kier molecular flexibility index (Phi) is 8.25. The van der Waals surface area contributed by atoms with Crippen molar-refractivity contribution in [1.29, 1.82) is 0 Å². The first-order chi connectivity index (χ1) is 15.0. The molecule has 1 aliphatic rings. The number of carbonyl (C=O) groups excluding carboxylic acids is 2. The molecule has 1 fully saturated rings. The number of hydrogen-bond donors (Lipinski definition) is 1. The molecule has 0 saturated carbocycles. The second-order valence-corrected chi connectivity index (χ2v) is 8.32. The van der Waals surface area contributed by atoms with Crippen LogP contribution in [0.3, 0.4) is 0 Å². The normalized spacial score (nSPS) is 15.2. The maximum atomic E-state index is 12.3. The molecule has 1 saturated heterocycles. The van der Waals surface area contributed by atoms with Crippen molar-refractivity contribution < 1.29 is 19.1 Å². The standard InChI is InChI=1S/C22H30N4O4S/c1-4-29-20(27)19-18(25(3)21(23-2)31-19)14-24-17-10-12-26(13-11-17)22(28)30-15-16-8-6-5-7-9-16/h5-9,17,24H,4,10-15H2,1-3H3. The van der Waals surface area contributed by atoms with Gasteiger partial charge in [0.25, 0.3) is 0 Å². The molecule has 0 aliphatic carbocycles. The predicted octanol–water partition coefficient (Wildman–Crippen LogP) is 2.68. The Morgan fingerprint density at radius 1 is 1.19 bits per heavy atom. The zero-order chi connectivity index (χ0) is 22.2. The number of hydrogen-bond acceptors (Lipinski definition) is 7. The van der Waals surface area contributed by atoms with E-state index >= 15 is 0 Å². The van der Waals surface area contributed by atoms with Crippen LogP contribution in [-0.4, -0.2) is 54.3 Å². The van der Waals surface area contributed by atoms with Gasteiger partial charge in [0.05, 0.1) is 12.3 Å². The first-order valence-corrected chi connectivity index (χ1v) is 11.3. The summed E-state index contributed by atoms with van der Waals surface area (Å²) in [5.74, 6) is -0.314. The van der Waals surface area contributed by atoms with Crippen LogP contribution in [0.1, 0.15) is 40.7 Å². The summed E-state index contributed by atoms with van der Waals surface area (Å²) in [5.41, 5.74) is 1.85. The van der Waals surface area contributed by atoms with Gasteiger partial charge >= 0.3 is 12.1 Å². The number of thiazole rings is 1. The van der Waals surface area contributed by atoms with Crippen molar-refractivity contribution >= 4 is 23.4 Å². The van der Waals surface area contributed by atoms with Crippen LogP contribution in [0.5, 0.6) is 0 Å². The summed E-state index contributed by atoms with van der Waals surface area (Å²) in [6, 6.07) is 9.94. The minimum Gasteiger partial charge on any atom is -0.462 e. The summed E-state index contributed by atoms with van der Waals surface area (Å²) in [4.78, 5) is 32.0. The van der Waals surface area contributed by atoms with Crippen molar-refractivity contribution in [3.05, 3.63) is 51.3 Å². The fourth-order valence-electron chi connectivity index (χ4n) is 3.55. The number of nitrogens with zero attached hydrogens (tertiary/aromatic N) is 3. The summed E-state index contributed by atoms with van der Waals surface area (Å²) < 4.78 is 12.6. The van der Waals surface area contributed by atoms with Crippen LogP contribution in [0, 0.1) is 0 Å². The minimum atomic E-state index is -0.314. The summed E-state index contributed by atoms with van der Waals surface area (Å²) in [6.07, 6.45) is 1.38. The molecule has 2 aromatic rings. The molecule has 1 amide bonds. The molecule has 0 bridgehead atoms. The van der Waals surface area contributed by atoms with Crippen LogP contribution >= 0.6 is 11.3 Å². The summed E-state index contributed by atoms with van der Waals surface area (Å²) in [6.45, 7) is 4.24. The molecule has 1 aromatic carbocycles. The number of rotatable bonds is 7. The molecule has 0 radical (unpaired) electrons. The third-order valence-corrected chi connectivity index (χ3v) is 6.56. The molecule has 168 valence electrons. The van der Waals surface area contributed by atoms with Crippen molar-refractivity contribution in [2.45, 2.75) is 39.0 Å². The third-order valence-electron chi connectivity index (χ3n) is 5.32. The van der Waals surface area contributed by atoms with Crippen LogP contribution in [-0.2, 0) is 29.7 Å². The van der Waals surface area contributed by atoms with E-state index in [9.17, 15) is 9.59 Å². The van der Waals surface area contributed by atoms with E-state index in [4.69, 9.17) is 9.47 Å². The SMILES string of the molecule is CCOC(=O)c1sc(=NC)n(C)c1CNC1CCN(C(=O)OCc2ccccc2)CC1. The van der Waals surface area contributed by atoms with Crippen LogP contribution in [0.4, 0.5) is 4.79 Å². The van der Waals surface area contributed by atoms with Crippen molar-refractivity contribution in [1.82, 2.24) is 14.8 Å². The van der Waals surface area contributed by atoms with Crippen LogP contribution in [0.15, 0.2) is 35.3 Å². The van der Waals surface area contributed by atoms with Gasteiger partial charge < -0.3 is 24.3 Å². The predicted molar refractivity (Wildman–Crippen MR) is 119 cm³/mol. The smallest absolute Gasteiger partial charge is 0.410 e. The van der Waals surface area contributed by atoms with Gasteiger partial charge in [-0.25, -0.2) is 9.59 Å². The highest BCUT2D eigenvalue weighted by molar-refractivity contribution is 7.11. The van der Waals surface area contributed by atoms with Crippen LogP contribution < -0.4 is 10.1 Å². The molecular formula is C22H30N4O4S. The second-order valence-electron chi connectivity index (χ2n) is 7.35. The van der Waals surface area contributed by atoms with E-state index in [0.717, 1.165) is 28.9 Å². The monoisotopic (exact) mass is 446 g/mol. The average Bonchev–Trinajstić information content (AvgIpc) is 3.12. The Morgan fingerprint density at radius 2 is 1.90 bits per heavy atom. The largest absolute Gasteiger partial charge is 0.462 e. The van der Waals surface area contributed by atoms with Crippen molar-refractivity contribution in [3.8, 4) is 0 Å². The summed E-state index contributed by atoms with van der Waals surface area (Å²) in [5, 5.41) is 3.53. The number of ether oxygens (including phenoxy) is 2. The zero-order valence-corrected chi connectivity index (χ0v) is 19.1. The lowest BCUT2D eigenvalue weighted by Gasteiger charge is -2.32. The first-order valence-electron chi connectivity index (χ1n) is 10.5. The lowest BCUT2D eigenvalue weighted by atomic mass is 10.1. The lowest BCUT2D eigenvalue weighted by molar-refractivity contribution is 0.0529. The lowest BCUT2D eigenvalue weighted by Crippen LogP contribution is -2.45. The fourth-order valence-corrected chi connectivity index (χ4v) is 4.55. The van der Waals surface area contributed by atoms with E-state index in [1.165, 1.54) is 11.3 Å². The van der Waals surface area contributed by atoms with E-state index in [-0.39, 0.29) is 24.7 Å². The maximum Gasteiger partial charge on any atom is 0.410 e. The maximum absolute atomic E-state index is 12.3. The fraction of sp³-hybridized carbons (Fsp3) is 0.500. The van der Waals surface area contributed by atoms with Gasteiger partial charge in [-0.05, 0) is 25.3 Å². The van der Waals surface area contributed by atoms with Gasteiger partial charge in [0.15, 0.2) is 4.80 Å². The highest BCUT2D eigenvalue weighted by Crippen LogP contribution is 2.17. The molecule has 31 heavy (non-hydrogen) atoms. The van der Waals surface area contributed by atoms with Crippen LogP contribution in [0.2, 0.25) is 0 Å². The van der Waals surface area contributed by atoms with E-state index in [0.29, 0.717) is 31.1 Å². The molecule has 0 spiro atoms. The molecule has 1 aromatic heterocycles. The van der Waals surface area contributed by atoms with E-state index < -0.39 is 0 Å². The Morgan fingerprint density at radius 3 is 2.55 bits per heavy atom. The van der Waals surface area contributed by atoms with E-state index in [1.54, 1.807) is 18.9 Å². The number of nitrogens with one attached hydrogen (secondary N) is 1. The average molecular weight is 447 g/mol. The second kappa shape index (κ2) is 11.1. The van der Waals surface area contributed by atoms with Crippen LogP contribution in [0.25, 0.3) is 0 Å². The van der Waals surface area contributed by atoms with Gasteiger partial charge in [-0.1, -0.05) is 41.7 Å². The third kappa shape index (κ3) is 5.95. The number of carbonyl (C=O) groups is 2. The topological polar surface area (TPSA) is 85.2 Å². The number of esters is 1. The highest BCUT2D eigenvalue weighted by atomic mass is 32.1. The Bertz CT molecular complexity index is 946. The molecule has 3 rings (SSSR count). The Hall–Kier alpha value is -2.65. The van der Waals surface area contributed by atoms with Crippen molar-refractivity contribution in [3.63, 3.8) is 0 Å². The summed E-state index contributed by atoms with van der Waals surface area (Å²) >= 11 is 1.34. The van der Waals surface area contributed by atoms with Gasteiger partial charge in [-0.3, -0.25) is 4.99 Å². The van der Waals surface area contributed by atoms with Gasteiger partial charge in [0.2, 0.25) is 0 Å². The quantitative estimate of drug-likeness (QED) is 0.661. The zero-order valence-electron chi connectivity index (χ0n) is 18.3. The molecule has 9 heteroatoms. The molecular weight excluding hydrogens is 416 g/mol. The molecule has 0 atom stereocenters. The number of amides is 1. The van der Waals surface area contributed by atoms with Gasteiger partial charge in [0.1, 0.15) is 11.5 Å². The number of piperidine rings is 1. The minimum absolute atomic E-state index is 0.259. The Balaban J connectivity index is 1.51. The van der Waals surface area contributed by atoms with E-state index in [1.807, 2.05) is 41.9 Å². The number of likely N-dealkylation sites (tertiary alicyclic amines) is 1. The van der Waals surface area contributed by atoms with Gasteiger partial charge in [0, 0.05) is 39.8 Å². The molecule has 0 unspecified atom stereocenters. The van der Waals surface area contributed by atoms with Gasteiger partial charge in [-0.15, -0.1) is 0 Å². The first kappa shape index (κ1) is 23.0. The van der Waals surface area contributed by atoms with Crippen molar-refractivity contribution in [2.24, 2.45) is 12.0 Å². The molecule has 2 heterocycles. The van der Waals surface area contributed by atoms with Gasteiger partial charge in [-0.2, -0.15) is 0 Å². The number of aromatic nitrogens is 1. The van der Waals surface area contributed by atoms with E-state index in [2.05, 4.69) is 10.3 Å². The van der Waals surface area contributed by atoms with Crippen molar-refractivity contribution in [2.75, 3.05) is 26.7 Å². The molecule has 1 aliphatic heterocycles. The highest BCUT2D eigenvalue weighted by Gasteiger charge is 2.25. The molecule has 8 nitrogen and oxygen atoms in total. The Labute approximate surface area is 186 Å². The molecule has 1 N–H and O–H groups in total. The number of benzene rings is 1. The summed E-state index contributed by atoms with van der Waals surface area (Å²) in [7, 11) is 3.62.